The highest BCUT2D eigenvalue weighted by Crippen LogP contribution is 2.34. The van der Waals surface area contributed by atoms with Gasteiger partial charge in [-0.3, -0.25) is 0 Å². The smallest absolute Gasteiger partial charge is 0.0184 e. The first kappa shape index (κ1) is 11.7. The molecule has 18 heavy (non-hydrogen) atoms. The average Bonchev–Trinajstić information content (AvgIpc) is 2.47. The van der Waals surface area contributed by atoms with E-state index in [1.807, 2.05) is 0 Å². The van der Waals surface area contributed by atoms with E-state index in [1.54, 1.807) is 0 Å². The van der Waals surface area contributed by atoms with Crippen LogP contribution in [0.25, 0.3) is 10.8 Å². The predicted octanol–water partition coefficient (Wildman–Crippen LogP) is 4.35. The van der Waals surface area contributed by atoms with Crippen LogP contribution in [0.4, 0.5) is 0 Å². The minimum Gasteiger partial charge on any atom is -0.326 e. The van der Waals surface area contributed by atoms with E-state index in [-0.39, 0.29) is 0 Å². The summed E-state index contributed by atoms with van der Waals surface area (Å²) in [7, 11) is 0. The largest absolute Gasteiger partial charge is 0.326 e. The average molecular weight is 239 g/mol. The Labute approximate surface area is 109 Å². The molecule has 3 rings (SSSR count). The Morgan fingerprint density at radius 1 is 1.00 bits per heavy atom. The lowest BCUT2D eigenvalue weighted by Crippen LogP contribution is -2.04. The highest BCUT2D eigenvalue weighted by Gasteiger charge is 2.15. The van der Waals surface area contributed by atoms with Crippen LogP contribution >= 0.6 is 0 Å². The maximum Gasteiger partial charge on any atom is 0.0184 e. The molecule has 0 heterocycles. The van der Waals surface area contributed by atoms with Gasteiger partial charge in [0, 0.05) is 6.54 Å². The molecule has 2 N–H and O–H groups in total. The minimum absolute atomic E-state index is 0.625. The summed E-state index contributed by atoms with van der Waals surface area (Å²) in [5.74, 6) is 0.782. The van der Waals surface area contributed by atoms with Crippen molar-refractivity contribution in [2.75, 3.05) is 0 Å². The van der Waals surface area contributed by atoms with Gasteiger partial charge >= 0.3 is 0 Å². The summed E-state index contributed by atoms with van der Waals surface area (Å²) < 4.78 is 0. The Bertz CT molecular complexity index is 538. The zero-order valence-electron chi connectivity index (χ0n) is 10.9. The molecule has 94 valence electrons. The van der Waals surface area contributed by atoms with Crippen molar-refractivity contribution in [1.82, 2.24) is 0 Å². The second-order valence-electron chi connectivity index (χ2n) is 5.44. The zero-order valence-corrected chi connectivity index (χ0v) is 10.9. The van der Waals surface area contributed by atoms with Crippen molar-refractivity contribution < 1.29 is 0 Å². The molecule has 0 unspecified atom stereocenters. The number of nitrogens with two attached hydrogens (primary N) is 1. The third-order valence-electron chi connectivity index (χ3n) is 4.29. The maximum absolute atomic E-state index is 5.80. The van der Waals surface area contributed by atoms with Crippen molar-refractivity contribution in [3.8, 4) is 0 Å². The molecule has 1 aliphatic carbocycles. The summed E-state index contributed by atoms with van der Waals surface area (Å²) in [4.78, 5) is 0. The van der Waals surface area contributed by atoms with Crippen LogP contribution in [0.2, 0.25) is 0 Å². The van der Waals surface area contributed by atoms with Gasteiger partial charge in [-0.15, -0.1) is 0 Å². The quantitative estimate of drug-likeness (QED) is 0.828. The highest BCUT2D eigenvalue weighted by atomic mass is 14.5. The molecule has 0 bridgehead atoms. The van der Waals surface area contributed by atoms with Gasteiger partial charge in [0.1, 0.15) is 0 Å². The van der Waals surface area contributed by atoms with Crippen molar-refractivity contribution in [3.63, 3.8) is 0 Å². The molecule has 0 aromatic heterocycles. The molecule has 0 amide bonds. The molecule has 0 atom stereocenters. The topological polar surface area (TPSA) is 26.0 Å². The molecule has 0 spiro atoms. The van der Waals surface area contributed by atoms with Crippen LogP contribution in [0.3, 0.4) is 0 Å². The van der Waals surface area contributed by atoms with Crippen LogP contribution in [0, 0.1) is 0 Å². The molecular formula is C17H21N. The van der Waals surface area contributed by atoms with Gasteiger partial charge in [-0.1, -0.05) is 55.7 Å². The molecule has 1 heteroatoms. The fourth-order valence-electron chi connectivity index (χ4n) is 3.24. The monoisotopic (exact) mass is 239 g/mol. The van der Waals surface area contributed by atoms with Crippen molar-refractivity contribution in [2.45, 2.75) is 44.6 Å². The van der Waals surface area contributed by atoms with Gasteiger partial charge in [0.15, 0.2) is 0 Å². The molecule has 1 fully saturated rings. The van der Waals surface area contributed by atoms with Gasteiger partial charge in [-0.05, 0) is 40.7 Å². The van der Waals surface area contributed by atoms with Gasteiger partial charge in [0.25, 0.3) is 0 Å². The van der Waals surface area contributed by atoms with Crippen molar-refractivity contribution in [2.24, 2.45) is 5.73 Å². The second-order valence-corrected chi connectivity index (χ2v) is 5.44. The Morgan fingerprint density at radius 3 is 2.61 bits per heavy atom. The Balaban J connectivity index is 2.00. The molecule has 1 nitrogen and oxygen atoms in total. The first-order valence-electron chi connectivity index (χ1n) is 7.10. The fraction of sp³-hybridized carbons (Fsp3) is 0.412. The third kappa shape index (κ3) is 2.15. The van der Waals surface area contributed by atoms with Crippen LogP contribution in [0.1, 0.15) is 49.1 Å². The summed E-state index contributed by atoms with van der Waals surface area (Å²) >= 11 is 0. The number of fused-ring (bicyclic) bond motifs is 1. The highest BCUT2D eigenvalue weighted by molar-refractivity contribution is 5.86. The lowest BCUT2D eigenvalue weighted by atomic mass is 9.83. The van der Waals surface area contributed by atoms with Crippen LogP contribution in [-0.4, -0.2) is 0 Å². The van der Waals surface area contributed by atoms with E-state index in [9.17, 15) is 0 Å². The Hall–Kier alpha value is -1.34. The van der Waals surface area contributed by atoms with Crippen molar-refractivity contribution >= 4 is 10.8 Å². The van der Waals surface area contributed by atoms with E-state index in [2.05, 4.69) is 36.4 Å². The first-order valence-corrected chi connectivity index (χ1v) is 7.10. The van der Waals surface area contributed by atoms with E-state index < -0.39 is 0 Å². The standard InChI is InChI=1S/C17H21N/c18-12-16-8-4-7-15-11-14(9-10-17(15)16)13-5-2-1-3-6-13/h4,7-11,13H,1-3,5-6,12,18H2. The van der Waals surface area contributed by atoms with Gasteiger partial charge in [0.2, 0.25) is 0 Å². The normalized spacial score (nSPS) is 17.2. The summed E-state index contributed by atoms with van der Waals surface area (Å²) in [6.45, 7) is 0.625. The molecule has 2 aromatic carbocycles. The molecule has 0 aliphatic heterocycles. The van der Waals surface area contributed by atoms with Crippen molar-refractivity contribution in [3.05, 3.63) is 47.5 Å². The second kappa shape index (κ2) is 5.11. The van der Waals surface area contributed by atoms with Crippen LogP contribution < -0.4 is 5.73 Å². The zero-order chi connectivity index (χ0) is 12.4. The van der Waals surface area contributed by atoms with E-state index in [1.165, 1.54) is 54.0 Å². The molecule has 0 saturated heterocycles. The van der Waals surface area contributed by atoms with Crippen LogP contribution in [-0.2, 0) is 6.54 Å². The Morgan fingerprint density at radius 2 is 1.83 bits per heavy atom. The number of benzene rings is 2. The summed E-state index contributed by atoms with van der Waals surface area (Å²) in [5, 5.41) is 2.67. The predicted molar refractivity (Wildman–Crippen MR) is 77.7 cm³/mol. The number of hydrogen-bond donors (Lipinski definition) is 1. The minimum atomic E-state index is 0.625. The lowest BCUT2D eigenvalue weighted by molar-refractivity contribution is 0.444. The van der Waals surface area contributed by atoms with Gasteiger partial charge < -0.3 is 5.73 Å². The number of hydrogen-bond acceptors (Lipinski definition) is 1. The molecule has 1 aliphatic rings. The van der Waals surface area contributed by atoms with E-state index in [0.717, 1.165) is 5.92 Å². The SMILES string of the molecule is NCc1cccc2cc(C3CCCCC3)ccc12. The number of rotatable bonds is 2. The maximum atomic E-state index is 5.80. The lowest BCUT2D eigenvalue weighted by Gasteiger charge is -2.22. The Kier molecular flexibility index (Phi) is 3.33. The third-order valence-corrected chi connectivity index (χ3v) is 4.29. The van der Waals surface area contributed by atoms with E-state index in [0.29, 0.717) is 6.54 Å². The first-order chi connectivity index (χ1) is 8.88. The van der Waals surface area contributed by atoms with E-state index in [4.69, 9.17) is 5.73 Å². The van der Waals surface area contributed by atoms with Crippen LogP contribution in [0.15, 0.2) is 36.4 Å². The van der Waals surface area contributed by atoms with Gasteiger partial charge in [-0.25, -0.2) is 0 Å². The van der Waals surface area contributed by atoms with Crippen molar-refractivity contribution in [1.29, 1.82) is 0 Å². The fourth-order valence-corrected chi connectivity index (χ4v) is 3.24. The summed E-state index contributed by atoms with van der Waals surface area (Å²) in [6, 6.07) is 13.4. The van der Waals surface area contributed by atoms with Gasteiger partial charge in [-0.2, -0.15) is 0 Å². The molecule has 0 radical (unpaired) electrons. The summed E-state index contributed by atoms with van der Waals surface area (Å²) in [6.07, 6.45) is 6.93. The van der Waals surface area contributed by atoms with Gasteiger partial charge in [0.05, 0.1) is 0 Å². The van der Waals surface area contributed by atoms with Crippen LogP contribution in [0.5, 0.6) is 0 Å². The molecular weight excluding hydrogens is 218 g/mol. The molecule has 1 saturated carbocycles. The summed E-state index contributed by atoms with van der Waals surface area (Å²) in [5.41, 5.74) is 8.57. The van der Waals surface area contributed by atoms with E-state index >= 15 is 0 Å². The molecule has 2 aromatic rings.